The minimum absolute atomic E-state index is 0.282. The van der Waals surface area contributed by atoms with Crippen molar-refractivity contribution in [3.8, 4) is 11.5 Å². The van der Waals surface area contributed by atoms with Crippen LogP contribution in [0.15, 0.2) is 12.1 Å². The third-order valence-corrected chi connectivity index (χ3v) is 3.93. The monoisotopic (exact) mass is 283 g/mol. The normalized spacial score (nSPS) is 21.3. The largest absolute Gasteiger partial charge is 0.454 e. The van der Waals surface area contributed by atoms with Crippen molar-refractivity contribution in [2.75, 3.05) is 33.6 Å². The van der Waals surface area contributed by atoms with Gasteiger partial charge in [0, 0.05) is 30.8 Å². The van der Waals surface area contributed by atoms with Crippen LogP contribution in [0.5, 0.6) is 11.5 Å². The predicted octanol–water partition coefficient (Wildman–Crippen LogP) is 2.54. The first kappa shape index (κ1) is 13.0. The summed E-state index contributed by atoms with van der Waals surface area (Å²) in [4.78, 5) is 2.28. The number of hydrogen-bond donors (Lipinski definition) is 0. The minimum Gasteiger partial charge on any atom is -0.454 e. The topological polar surface area (TPSA) is 30.9 Å². The molecule has 0 saturated carbocycles. The molecule has 0 radical (unpaired) electrons. The second-order valence-electron chi connectivity index (χ2n) is 5.22. The molecule has 1 saturated heterocycles. The maximum atomic E-state index is 6.28. The van der Waals surface area contributed by atoms with Crippen molar-refractivity contribution in [2.45, 2.75) is 13.0 Å². The van der Waals surface area contributed by atoms with Crippen molar-refractivity contribution in [1.29, 1.82) is 0 Å². The number of hydrogen-bond acceptors (Lipinski definition) is 4. The van der Waals surface area contributed by atoms with Crippen molar-refractivity contribution < 1.29 is 14.2 Å². The number of halogens is 1. The van der Waals surface area contributed by atoms with Crippen molar-refractivity contribution in [3.05, 3.63) is 22.7 Å². The van der Waals surface area contributed by atoms with Gasteiger partial charge in [-0.05, 0) is 31.0 Å². The van der Waals surface area contributed by atoms with E-state index in [4.69, 9.17) is 25.8 Å². The minimum atomic E-state index is 0.282. The van der Waals surface area contributed by atoms with E-state index in [9.17, 15) is 0 Å². The van der Waals surface area contributed by atoms with Crippen LogP contribution in [0.2, 0.25) is 5.02 Å². The molecule has 2 aliphatic rings. The van der Waals surface area contributed by atoms with E-state index in [1.165, 1.54) is 0 Å². The number of nitrogens with zero attached hydrogens (tertiary/aromatic N) is 1. The summed E-state index contributed by atoms with van der Waals surface area (Å²) in [7, 11) is 2.11. The Bertz CT molecular complexity index is 460. The van der Waals surface area contributed by atoms with Crippen molar-refractivity contribution in [3.63, 3.8) is 0 Å². The Morgan fingerprint density at radius 2 is 2.11 bits per heavy atom. The van der Waals surface area contributed by atoms with Gasteiger partial charge in [0.25, 0.3) is 0 Å². The van der Waals surface area contributed by atoms with Gasteiger partial charge in [0.1, 0.15) is 0 Å². The highest BCUT2D eigenvalue weighted by atomic mass is 35.5. The first-order chi connectivity index (χ1) is 9.22. The third-order valence-electron chi connectivity index (χ3n) is 3.58. The zero-order valence-corrected chi connectivity index (χ0v) is 11.8. The molecule has 1 atom stereocenters. The molecule has 5 heteroatoms. The van der Waals surface area contributed by atoms with Crippen molar-refractivity contribution in [2.24, 2.45) is 5.92 Å². The Labute approximate surface area is 118 Å². The smallest absolute Gasteiger partial charge is 0.231 e. The number of ether oxygens (including phenoxy) is 3. The zero-order chi connectivity index (χ0) is 13.2. The summed E-state index contributed by atoms with van der Waals surface area (Å²) >= 11 is 6.28. The molecule has 19 heavy (non-hydrogen) atoms. The van der Waals surface area contributed by atoms with Gasteiger partial charge in [-0.15, -0.1) is 0 Å². The van der Waals surface area contributed by atoms with E-state index in [1.54, 1.807) is 0 Å². The van der Waals surface area contributed by atoms with Crippen LogP contribution in [0.1, 0.15) is 12.0 Å². The summed E-state index contributed by atoms with van der Waals surface area (Å²) in [6.07, 6.45) is 1.15. The number of fused-ring (bicyclic) bond motifs is 1. The van der Waals surface area contributed by atoms with Crippen LogP contribution in [0.3, 0.4) is 0 Å². The average Bonchev–Trinajstić information content (AvgIpc) is 3.00. The predicted molar refractivity (Wildman–Crippen MR) is 72.8 cm³/mol. The van der Waals surface area contributed by atoms with Gasteiger partial charge in [0.15, 0.2) is 11.5 Å². The summed E-state index contributed by atoms with van der Waals surface area (Å²) < 4.78 is 16.1. The molecular formula is C14H18ClNO3. The SMILES string of the molecule is CN(Cc1cc2c(cc1Cl)OCO2)C[C@@H]1CCOC1. The standard InChI is InChI=1S/C14H18ClNO3/c1-16(6-10-2-3-17-8-10)7-11-4-13-14(5-12(11)15)19-9-18-13/h4-5,10H,2-3,6-9H2,1H3/t10-/m0/s1. The lowest BCUT2D eigenvalue weighted by Crippen LogP contribution is -2.25. The van der Waals surface area contributed by atoms with Crippen LogP contribution in [0.4, 0.5) is 0 Å². The molecule has 0 unspecified atom stereocenters. The summed E-state index contributed by atoms with van der Waals surface area (Å²) in [6, 6.07) is 3.82. The lowest BCUT2D eigenvalue weighted by atomic mass is 10.1. The fourth-order valence-electron chi connectivity index (χ4n) is 2.60. The zero-order valence-electron chi connectivity index (χ0n) is 11.0. The molecule has 1 aromatic carbocycles. The maximum absolute atomic E-state index is 6.28. The summed E-state index contributed by atoms with van der Waals surface area (Å²) in [5.74, 6) is 2.16. The second-order valence-corrected chi connectivity index (χ2v) is 5.63. The van der Waals surface area contributed by atoms with Gasteiger partial charge in [0.2, 0.25) is 6.79 Å². The summed E-state index contributed by atoms with van der Waals surface area (Å²) in [6.45, 7) is 3.89. The van der Waals surface area contributed by atoms with E-state index in [2.05, 4.69) is 11.9 Å². The van der Waals surface area contributed by atoms with Crippen molar-refractivity contribution in [1.82, 2.24) is 4.90 Å². The lowest BCUT2D eigenvalue weighted by Gasteiger charge is -2.20. The van der Waals surface area contributed by atoms with Gasteiger partial charge in [-0.25, -0.2) is 0 Å². The van der Waals surface area contributed by atoms with Gasteiger partial charge in [-0.1, -0.05) is 11.6 Å². The van der Waals surface area contributed by atoms with E-state index in [0.717, 1.165) is 54.8 Å². The van der Waals surface area contributed by atoms with E-state index < -0.39 is 0 Å². The van der Waals surface area contributed by atoms with Gasteiger partial charge < -0.3 is 19.1 Å². The summed E-state index contributed by atoms with van der Waals surface area (Å²) in [5.41, 5.74) is 1.08. The van der Waals surface area contributed by atoms with Crippen LogP contribution >= 0.6 is 11.6 Å². The van der Waals surface area contributed by atoms with Crippen molar-refractivity contribution >= 4 is 11.6 Å². The van der Waals surface area contributed by atoms with E-state index in [-0.39, 0.29) is 6.79 Å². The van der Waals surface area contributed by atoms with Crippen LogP contribution in [-0.4, -0.2) is 38.5 Å². The molecule has 2 aliphatic heterocycles. The quantitative estimate of drug-likeness (QED) is 0.850. The third kappa shape index (κ3) is 2.96. The lowest BCUT2D eigenvalue weighted by molar-refractivity contribution is 0.172. The molecule has 0 bridgehead atoms. The first-order valence-corrected chi connectivity index (χ1v) is 6.94. The van der Waals surface area contributed by atoms with E-state index >= 15 is 0 Å². The molecule has 0 aliphatic carbocycles. The second kappa shape index (κ2) is 5.57. The van der Waals surface area contributed by atoms with Gasteiger partial charge >= 0.3 is 0 Å². The fraction of sp³-hybridized carbons (Fsp3) is 0.571. The molecule has 0 amide bonds. The fourth-order valence-corrected chi connectivity index (χ4v) is 2.82. The molecule has 1 fully saturated rings. The maximum Gasteiger partial charge on any atom is 0.231 e. The molecule has 0 N–H and O–H groups in total. The molecular weight excluding hydrogens is 266 g/mol. The number of benzene rings is 1. The molecule has 2 heterocycles. The van der Waals surface area contributed by atoms with Crippen LogP contribution in [0, 0.1) is 5.92 Å². The van der Waals surface area contributed by atoms with Crippen LogP contribution < -0.4 is 9.47 Å². The van der Waals surface area contributed by atoms with E-state index in [0.29, 0.717) is 5.92 Å². The van der Waals surface area contributed by atoms with Gasteiger partial charge in [-0.2, -0.15) is 0 Å². The molecule has 0 aromatic heterocycles. The molecule has 3 rings (SSSR count). The molecule has 1 aromatic rings. The first-order valence-electron chi connectivity index (χ1n) is 6.56. The molecule has 4 nitrogen and oxygen atoms in total. The number of rotatable bonds is 4. The Morgan fingerprint density at radius 1 is 1.32 bits per heavy atom. The highest BCUT2D eigenvalue weighted by molar-refractivity contribution is 6.31. The Balaban J connectivity index is 1.65. The van der Waals surface area contributed by atoms with Gasteiger partial charge in [0.05, 0.1) is 6.61 Å². The van der Waals surface area contributed by atoms with Crippen LogP contribution in [0.25, 0.3) is 0 Å². The highest BCUT2D eigenvalue weighted by Crippen LogP contribution is 2.37. The summed E-state index contributed by atoms with van der Waals surface area (Å²) in [5, 5.41) is 0.735. The van der Waals surface area contributed by atoms with E-state index in [1.807, 2.05) is 12.1 Å². The Hall–Kier alpha value is -0.970. The van der Waals surface area contributed by atoms with Gasteiger partial charge in [-0.3, -0.25) is 0 Å². The molecule has 104 valence electrons. The van der Waals surface area contributed by atoms with Crippen LogP contribution in [-0.2, 0) is 11.3 Å². The Kier molecular flexibility index (Phi) is 3.82. The molecule has 0 spiro atoms. The Morgan fingerprint density at radius 3 is 2.84 bits per heavy atom. The average molecular weight is 284 g/mol. The highest BCUT2D eigenvalue weighted by Gasteiger charge is 2.20.